The van der Waals surface area contributed by atoms with Crippen LogP contribution < -0.4 is 5.32 Å². The number of nitrogens with zero attached hydrogens (tertiary/aromatic N) is 2. The van der Waals surface area contributed by atoms with Gasteiger partial charge in [0.1, 0.15) is 0 Å². The molecule has 1 aromatic heterocycles. The van der Waals surface area contributed by atoms with Crippen molar-refractivity contribution in [2.45, 2.75) is 59.3 Å². The summed E-state index contributed by atoms with van der Waals surface area (Å²) >= 11 is 0. The van der Waals surface area contributed by atoms with Crippen LogP contribution in [0.1, 0.15) is 69.9 Å². The van der Waals surface area contributed by atoms with Crippen molar-refractivity contribution in [3.8, 4) is 22.8 Å². The summed E-state index contributed by atoms with van der Waals surface area (Å²) < 4.78 is 6.26. The molecule has 1 saturated carbocycles. The summed E-state index contributed by atoms with van der Waals surface area (Å²) in [5.74, 6) is 1.24. The highest BCUT2D eigenvalue weighted by Gasteiger charge is 2.31. The van der Waals surface area contributed by atoms with Gasteiger partial charge in [-0.2, -0.15) is 0 Å². The van der Waals surface area contributed by atoms with E-state index in [1.54, 1.807) is 12.1 Å². The van der Waals surface area contributed by atoms with Crippen molar-refractivity contribution >= 4 is 17.5 Å². The molecule has 0 spiro atoms. The van der Waals surface area contributed by atoms with E-state index in [-0.39, 0.29) is 17.2 Å². The number of nitrogens with one attached hydrogen (secondary N) is 1. The number of amides is 2. The maximum absolute atomic E-state index is 13.7. The number of hydrogen-bond donors (Lipinski definition) is 1. The Labute approximate surface area is 207 Å². The van der Waals surface area contributed by atoms with Gasteiger partial charge in [0.05, 0.1) is 0 Å². The van der Waals surface area contributed by atoms with Gasteiger partial charge in [0.15, 0.2) is 11.5 Å². The van der Waals surface area contributed by atoms with Gasteiger partial charge in [0, 0.05) is 36.8 Å². The van der Waals surface area contributed by atoms with E-state index in [2.05, 4.69) is 45.1 Å². The standard InChI is InChI=1S/C29H35N3O3/c1-6-17-32(18-20-7-8-20)28(34)25-26(21-11-15-24(16-12-21)30-19(2)33)35-27(31-25)22-9-13-23(14-10-22)29(3,4)5/h9-16,20H,6-8,17-18H2,1-5H3,(H,30,33). The molecule has 0 atom stereocenters. The van der Waals surface area contributed by atoms with Crippen molar-refractivity contribution in [1.82, 2.24) is 9.88 Å². The predicted octanol–water partition coefficient (Wildman–Crippen LogP) is 6.53. The Morgan fingerprint density at radius 3 is 2.20 bits per heavy atom. The highest BCUT2D eigenvalue weighted by atomic mass is 16.4. The number of oxazole rings is 1. The van der Waals surface area contributed by atoms with Gasteiger partial charge in [-0.05, 0) is 72.6 Å². The minimum Gasteiger partial charge on any atom is -0.435 e. The van der Waals surface area contributed by atoms with Gasteiger partial charge >= 0.3 is 0 Å². The van der Waals surface area contributed by atoms with Crippen LogP contribution in [0.25, 0.3) is 22.8 Å². The molecular weight excluding hydrogens is 438 g/mol. The number of carbonyl (C=O) groups is 2. The monoisotopic (exact) mass is 473 g/mol. The second-order valence-electron chi connectivity index (χ2n) is 10.5. The van der Waals surface area contributed by atoms with Crippen molar-refractivity contribution in [1.29, 1.82) is 0 Å². The van der Waals surface area contributed by atoms with Crippen LogP contribution >= 0.6 is 0 Å². The Morgan fingerprint density at radius 2 is 1.66 bits per heavy atom. The largest absolute Gasteiger partial charge is 0.435 e. The van der Waals surface area contributed by atoms with Gasteiger partial charge in [-0.25, -0.2) is 4.98 Å². The van der Waals surface area contributed by atoms with Crippen LogP contribution in [0.4, 0.5) is 5.69 Å². The second kappa shape index (κ2) is 10.1. The summed E-state index contributed by atoms with van der Waals surface area (Å²) in [6.07, 6.45) is 3.24. The summed E-state index contributed by atoms with van der Waals surface area (Å²) in [5.41, 5.74) is 3.86. The first kappa shape index (κ1) is 24.7. The van der Waals surface area contributed by atoms with Crippen LogP contribution in [-0.2, 0) is 10.2 Å². The van der Waals surface area contributed by atoms with Crippen LogP contribution in [0.3, 0.4) is 0 Å². The Balaban J connectivity index is 1.73. The molecule has 4 rings (SSSR count). The number of carbonyl (C=O) groups excluding carboxylic acids is 2. The number of hydrogen-bond acceptors (Lipinski definition) is 4. The molecule has 0 saturated heterocycles. The zero-order chi connectivity index (χ0) is 25.2. The topological polar surface area (TPSA) is 75.4 Å². The van der Waals surface area contributed by atoms with Crippen LogP contribution in [0.2, 0.25) is 0 Å². The van der Waals surface area contributed by atoms with Crippen LogP contribution in [0, 0.1) is 5.92 Å². The first-order valence-electron chi connectivity index (χ1n) is 12.4. The van der Waals surface area contributed by atoms with Gasteiger partial charge < -0.3 is 14.6 Å². The van der Waals surface area contributed by atoms with Gasteiger partial charge in [0.2, 0.25) is 11.8 Å². The summed E-state index contributed by atoms with van der Waals surface area (Å²) in [5, 5.41) is 2.77. The molecule has 1 aliphatic carbocycles. The molecule has 184 valence electrons. The van der Waals surface area contributed by atoms with Crippen molar-refractivity contribution in [3.05, 3.63) is 59.8 Å². The summed E-state index contributed by atoms with van der Waals surface area (Å²) in [6, 6.07) is 15.5. The van der Waals surface area contributed by atoms with E-state index >= 15 is 0 Å². The lowest BCUT2D eigenvalue weighted by atomic mass is 9.87. The van der Waals surface area contributed by atoms with E-state index < -0.39 is 0 Å². The van der Waals surface area contributed by atoms with Crippen molar-refractivity contribution in [2.75, 3.05) is 18.4 Å². The number of aromatic nitrogens is 1. The van der Waals surface area contributed by atoms with Crippen LogP contribution in [0.5, 0.6) is 0 Å². The summed E-state index contributed by atoms with van der Waals surface area (Å²) in [4.78, 5) is 31.7. The molecule has 1 N–H and O–H groups in total. The molecule has 0 bridgehead atoms. The zero-order valence-electron chi connectivity index (χ0n) is 21.4. The molecular formula is C29H35N3O3. The van der Waals surface area contributed by atoms with E-state index in [1.165, 1.54) is 25.3 Å². The Hall–Kier alpha value is -3.41. The van der Waals surface area contributed by atoms with E-state index in [9.17, 15) is 9.59 Å². The molecule has 0 aliphatic heterocycles. The van der Waals surface area contributed by atoms with E-state index in [4.69, 9.17) is 9.40 Å². The SMILES string of the molecule is CCCN(CC1CC1)C(=O)c1nc(-c2ccc(C(C)(C)C)cc2)oc1-c1ccc(NC(C)=O)cc1. The fraction of sp³-hybridized carbons (Fsp3) is 0.414. The molecule has 2 aromatic carbocycles. The van der Waals surface area contributed by atoms with Gasteiger partial charge in [-0.15, -0.1) is 0 Å². The van der Waals surface area contributed by atoms with Crippen molar-refractivity contribution in [2.24, 2.45) is 5.92 Å². The zero-order valence-corrected chi connectivity index (χ0v) is 21.4. The fourth-order valence-electron chi connectivity index (χ4n) is 4.11. The third-order valence-electron chi connectivity index (χ3n) is 6.25. The lowest BCUT2D eigenvalue weighted by molar-refractivity contribution is -0.114. The molecule has 1 aliphatic rings. The number of rotatable bonds is 8. The van der Waals surface area contributed by atoms with Crippen LogP contribution in [0.15, 0.2) is 52.9 Å². The molecule has 3 aromatic rings. The average Bonchev–Trinajstić information content (AvgIpc) is 3.52. The van der Waals surface area contributed by atoms with E-state index in [1.807, 2.05) is 29.2 Å². The maximum atomic E-state index is 13.7. The minimum absolute atomic E-state index is 0.0422. The molecule has 0 unspecified atom stereocenters. The molecule has 1 heterocycles. The lowest BCUT2D eigenvalue weighted by Gasteiger charge is -2.21. The van der Waals surface area contributed by atoms with E-state index in [0.29, 0.717) is 35.5 Å². The number of benzene rings is 2. The summed E-state index contributed by atoms with van der Waals surface area (Å²) in [6.45, 7) is 11.5. The molecule has 6 nitrogen and oxygen atoms in total. The lowest BCUT2D eigenvalue weighted by Crippen LogP contribution is -2.34. The quantitative estimate of drug-likeness (QED) is 0.404. The maximum Gasteiger partial charge on any atom is 0.276 e. The molecule has 35 heavy (non-hydrogen) atoms. The third kappa shape index (κ3) is 5.99. The van der Waals surface area contributed by atoms with Gasteiger partial charge in [-0.3, -0.25) is 9.59 Å². The summed E-state index contributed by atoms with van der Waals surface area (Å²) in [7, 11) is 0. The first-order chi connectivity index (χ1) is 16.7. The molecule has 6 heteroatoms. The second-order valence-corrected chi connectivity index (χ2v) is 10.5. The first-order valence-corrected chi connectivity index (χ1v) is 12.4. The molecule has 1 fully saturated rings. The molecule has 0 radical (unpaired) electrons. The van der Waals surface area contributed by atoms with Crippen LogP contribution in [-0.4, -0.2) is 34.8 Å². The van der Waals surface area contributed by atoms with Gasteiger partial charge in [0.25, 0.3) is 5.91 Å². The van der Waals surface area contributed by atoms with Crippen molar-refractivity contribution < 1.29 is 14.0 Å². The fourth-order valence-corrected chi connectivity index (χ4v) is 4.11. The Kier molecular flexibility index (Phi) is 7.10. The minimum atomic E-state index is -0.135. The Morgan fingerprint density at radius 1 is 1.03 bits per heavy atom. The Bertz CT molecular complexity index is 1180. The van der Waals surface area contributed by atoms with Gasteiger partial charge in [-0.1, -0.05) is 39.8 Å². The average molecular weight is 474 g/mol. The smallest absolute Gasteiger partial charge is 0.276 e. The normalized spacial score (nSPS) is 13.5. The number of anilines is 1. The third-order valence-corrected chi connectivity index (χ3v) is 6.25. The van der Waals surface area contributed by atoms with Crippen molar-refractivity contribution in [3.63, 3.8) is 0 Å². The van der Waals surface area contributed by atoms with E-state index in [0.717, 1.165) is 24.1 Å². The predicted molar refractivity (Wildman–Crippen MR) is 139 cm³/mol. The highest BCUT2D eigenvalue weighted by molar-refractivity contribution is 5.98. The molecule has 2 amide bonds. The highest BCUT2D eigenvalue weighted by Crippen LogP contribution is 2.34.